The maximum absolute atomic E-state index is 12.5. The highest BCUT2D eigenvalue weighted by atomic mass is 16.5. The third kappa shape index (κ3) is 7.09. The molecule has 3 fully saturated rings. The Bertz CT molecular complexity index is 631. The molecule has 3 heterocycles. The first-order chi connectivity index (χ1) is 15.0. The molecule has 8 nitrogen and oxygen atoms in total. The molecule has 8 heteroatoms. The zero-order chi connectivity index (χ0) is 22.2. The number of piperazine rings is 1. The molecule has 176 valence electrons. The molecule has 0 radical (unpaired) electrons. The van der Waals surface area contributed by atoms with Gasteiger partial charge in [-0.1, -0.05) is 20.3 Å². The van der Waals surface area contributed by atoms with Gasteiger partial charge in [0.1, 0.15) is 0 Å². The average Bonchev–Trinajstić information content (AvgIpc) is 3.38. The average molecular weight is 436 g/mol. The number of rotatable bonds is 9. The van der Waals surface area contributed by atoms with Crippen LogP contribution in [0.5, 0.6) is 0 Å². The van der Waals surface area contributed by atoms with Crippen LogP contribution in [0.3, 0.4) is 0 Å². The quantitative estimate of drug-likeness (QED) is 0.327. The Balaban J connectivity index is 1.22. The molecule has 0 aromatic carbocycles. The molecular formula is C23H41N5O3. The van der Waals surface area contributed by atoms with Crippen molar-refractivity contribution < 1.29 is 14.3 Å². The molecule has 0 aliphatic carbocycles. The van der Waals surface area contributed by atoms with Crippen LogP contribution >= 0.6 is 0 Å². The summed E-state index contributed by atoms with van der Waals surface area (Å²) in [6, 6.07) is 0.378. The minimum atomic E-state index is 0.215. The van der Waals surface area contributed by atoms with Gasteiger partial charge >= 0.3 is 0 Å². The number of amides is 2. The Kier molecular flexibility index (Phi) is 8.99. The highest BCUT2D eigenvalue weighted by molar-refractivity contribution is 5.80. The molecular weight excluding hydrogens is 394 g/mol. The number of carbonyl (C=O) groups is 2. The van der Waals surface area contributed by atoms with Crippen LogP contribution in [0.25, 0.3) is 0 Å². The van der Waals surface area contributed by atoms with E-state index in [2.05, 4.69) is 29.5 Å². The topological polar surface area (TPSA) is 86.3 Å². The first-order valence-electron chi connectivity index (χ1n) is 12.1. The normalized spacial score (nSPS) is 25.9. The number of nitrogens with zero attached hydrogens (tertiary/aromatic N) is 3. The Hall–Kier alpha value is -1.83. The Labute approximate surface area is 187 Å². The van der Waals surface area contributed by atoms with Crippen LogP contribution in [0.2, 0.25) is 0 Å². The minimum absolute atomic E-state index is 0.215. The van der Waals surface area contributed by atoms with E-state index >= 15 is 0 Å². The summed E-state index contributed by atoms with van der Waals surface area (Å²) in [5, 5.41) is 6.88. The zero-order valence-corrected chi connectivity index (χ0v) is 19.6. The van der Waals surface area contributed by atoms with Gasteiger partial charge < -0.3 is 25.2 Å². The molecule has 0 saturated carbocycles. The smallest absolute Gasteiger partial charge is 0.222 e. The molecule has 3 aliphatic rings. The van der Waals surface area contributed by atoms with Crippen LogP contribution in [0.1, 0.15) is 65.2 Å². The maximum Gasteiger partial charge on any atom is 0.222 e. The molecule has 31 heavy (non-hydrogen) atoms. The third-order valence-corrected chi connectivity index (χ3v) is 6.58. The Morgan fingerprint density at radius 1 is 1.03 bits per heavy atom. The van der Waals surface area contributed by atoms with E-state index in [0.717, 1.165) is 44.6 Å². The van der Waals surface area contributed by atoms with E-state index in [0.29, 0.717) is 63.2 Å². The van der Waals surface area contributed by atoms with Crippen LogP contribution < -0.4 is 10.6 Å². The number of guanidine groups is 1. The monoisotopic (exact) mass is 435 g/mol. The summed E-state index contributed by atoms with van der Waals surface area (Å²) in [5.74, 6) is 1.66. The molecule has 3 rings (SSSR count). The maximum atomic E-state index is 12.5. The van der Waals surface area contributed by atoms with Crippen molar-refractivity contribution in [1.82, 2.24) is 20.4 Å². The number of hydrogen-bond donors (Lipinski definition) is 2. The minimum Gasteiger partial charge on any atom is -0.373 e. The fourth-order valence-electron chi connectivity index (χ4n) is 4.79. The SMILES string of the molecule is CN=C(NCCCCCC(=O)N1CCN(C(=O)CC(C)C)CC1)NC1CC2CCC1O2. The van der Waals surface area contributed by atoms with Gasteiger partial charge in [-0.25, -0.2) is 0 Å². The molecule has 0 aromatic rings. The lowest BCUT2D eigenvalue weighted by Gasteiger charge is -2.35. The zero-order valence-electron chi connectivity index (χ0n) is 19.6. The van der Waals surface area contributed by atoms with Gasteiger partial charge in [0, 0.05) is 52.6 Å². The fourth-order valence-corrected chi connectivity index (χ4v) is 4.79. The van der Waals surface area contributed by atoms with Gasteiger partial charge in [-0.05, 0) is 38.0 Å². The van der Waals surface area contributed by atoms with Crippen molar-refractivity contribution >= 4 is 17.8 Å². The largest absolute Gasteiger partial charge is 0.373 e. The summed E-state index contributed by atoms with van der Waals surface area (Å²) >= 11 is 0. The van der Waals surface area contributed by atoms with Crippen LogP contribution in [0.15, 0.2) is 4.99 Å². The fraction of sp³-hybridized carbons (Fsp3) is 0.870. The number of carbonyl (C=O) groups excluding carboxylic acids is 2. The lowest BCUT2D eigenvalue weighted by atomic mass is 9.96. The molecule has 3 atom stereocenters. The van der Waals surface area contributed by atoms with E-state index in [9.17, 15) is 9.59 Å². The van der Waals surface area contributed by atoms with Crippen LogP contribution in [0.4, 0.5) is 0 Å². The summed E-state index contributed by atoms with van der Waals surface area (Å²) < 4.78 is 5.89. The van der Waals surface area contributed by atoms with Crippen molar-refractivity contribution in [3.05, 3.63) is 0 Å². The second kappa shape index (κ2) is 11.7. The highest BCUT2D eigenvalue weighted by Gasteiger charge is 2.41. The van der Waals surface area contributed by atoms with Crippen molar-refractivity contribution in [1.29, 1.82) is 0 Å². The van der Waals surface area contributed by atoms with Gasteiger partial charge in [0.2, 0.25) is 11.8 Å². The molecule has 0 spiro atoms. The van der Waals surface area contributed by atoms with E-state index in [1.165, 1.54) is 6.42 Å². The van der Waals surface area contributed by atoms with E-state index in [4.69, 9.17) is 4.74 Å². The molecule has 3 unspecified atom stereocenters. The summed E-state index contributed by atoms with van der Waals surface area (Å²) in [5.41, 5.74) is 0. The summed E-state index contributed by atoms with van der Waals surface area (Å²) in [7, 11) is 1.80. The summed E-state index contributed by atoms with van der Waals surface area (Å²) in [6.45, 7) is 7.65. The first-order valence-corrected chi connectivity index (χ1v) is 12.1. The van der Waals surface area contributed by atoms with Crippen molar-refractivity contribution in [2.24, 2.45) is 10.9 Å². The van der Waals surface area contributed by atoms with Crippen molar-refractivity contribution in [3.8, 4) is 0 Å². The summed E-state index contributed by atoms with van der Waals surface area (Å²) in [6.07, 6.45) is 8.31. The highest BCUT2D eigenvalue weighted by Crippen LogP contribution is 2.34. The number of ether oxygens (including phenoxy) is 1. The van der Waals surface area contributed by atoms with Crippen LogP contribution in [-0.4, -0.2) is 85.6 Å². The van der Waals surface area contributed by atoms with Gasteiger partial charge in [-0.2, -0.15) is 0 Å². The molecule has 3 saturated heterocycles. The number of nitrogens with one attached hydrogen (secondary N) is 2. The molecule has 0 aromatic heterocycles. The van der Waals surface area contributed by atoms with Crippen LogP contribution in [-0.2, 0) is 14.3 Å². The standard InChI is InChI=1S/C23H41N5O3/c1-17(2)15-22(30)28-13-11-27(12-14-28)21(29)7-5-4-6-10-25-23(24-3)26-19-16-18-8-9-20(19)31-18/h17-20H,4-16H2,1-3H3,(H2,24,25,26). The van der Waals surface area contributed by atoms with E-state index in [1.807, 2.05) is 9.80 Å². The molecule has 3 aliphatic heterocycles. The first kappa shape index (κ1) is 23.8. The second-order valence-corrected chi connectivity index (χ2v) is 9.53. The predicted molar refractivity (Wildman–Crippen MR) is 122 cm³/mol. The lowest BCUT2D eigenvalue weighted by molar-refractivity contribution is -0.140. The van der Waals surface area contributed by atoms with Gasteiger partial charge in [-0.15, -0.1) is 0 Å². The number of aliphatic imine (C=N–C) groups is 1. The predicted octanol–water partition coefficient (Wildman–Crippen LogP) is 1.75. The molecule has 2 bridgehead atoms. The number of hydrogen-bond acceptors (Lipinski definition) is 4. The van der Waals surface area contributed by atoms with Gasteiger partial charge in [0.05, 0.1) is 18.2 Å². The van der Waals surface area contributed by atoms with Crippen LogP contribution in [0, 0.1) is 5.92 Å². The van der Waals surface area contributed by atoms with Gasteiger partial charge in [0.15, 0.2) is 5.96 Å². The van der Waals surface area contributed by atoms with Gasteiger partial charge in [-0.3, -0.25) is 14.6 Å². The summed E-state index contributed by atoms with van der Waals surface area (Å²) in [4.78, 5) is 32.8. The third-order valence-electron chi connectivity index (χ3n) is 6.58. The van der Waals surface area contributed by atoms with Crippen molar-refractivity contribution in [2.75, 3.05) is 39.8 Å². The Morgan fingerprint density at radius 2 is 1.74 bits per heavy atom. The number of fused-ring (bicyclic) bond motifs is 2. The Morgan fingerprint density at radius 3 is 2.32 bits per heavy atom. The van der Waals surface area contributed by atoms with Crippen molar-refractivity contribution in [2.45, 2.75) is 83.5 Å². The van der Waals surface area contributed by atoms with E-state index in [-0.39, 0.29) is 11.8 Å². The number of unbranched alkanes of at least 4 members (excludes halogenated alkanes) is 2. The molecule has 2 amide bonds. The van der Waals surface area contributed by atoms with Crippen molar-refractivity contribution in [3.63, 3.8) is 0 Å². The van der Waals surface area contributed by atoms with E-state index < -0.39 is 0 Å². The lowest BCUT2D eigenvalue weighted by Crippen LogP contribution is -2.50. The van der Waals surface area contributed by atoms with E-state index in [1.54, 1.807) is 7.05 Å². The second-order valence-electron chi connectivity index (χ2n) is 9.53. The molecule has 2 N–H and O–H groups in total. The van der Waals surface area contributed by atoms with Gasteiger partial charge in [0.25, 0.3) is 0 Å².